The Morgan fingerprint density at radius 2 is 2.00 bits per heavy atom. The Morgan fingerprint density at radius 1 is 1.42 bits per heavy atom. The molecule has 0 aromatic rings. The highest BCUT2D eigenvalue weighted by Crippen LogP contribution is 2.27. The van der Waals surface area contributed by atoms with Crippen LogP contribution in [-0.2, 0) is 14.0 Å². The number of hydrogen-bond acceptors (Lipinski definition) is 3. The fraction of sp³-hybridized carbons (Fsp3) is 1.00. The van der Waals surface area contributed by atoms with E-state index < -0.39 is 0 Å². The van der Waals surface area contributed by atoms with Crippen LogP contribution in [0, 0.1) is 5.41 Å². The Hall–Kier alpha value is 0.310. The predicted molar refractivity (Wildman–Crippen MR) is 49.8 cm³/mol. The van der Waals surface area contributed by atoms with Crippen LogP contribution in [0.2, 0.25) is 0 Å². The summed E-state index contributed by atoms with van der Waals surface area (Å²) in [5, 5.41) is 0. The Balaban J connectivity index is 2.41. The second-order valence-corrected chi connectivity index (χ2v) is 4.06. The molecule has 1 aliphatic rings. The molecular formula is C8H17O3P. The van der Waals surface area contributed by atoms with Gasteiger partial charge in [-0.05, 0) is 6.42 Å². The molecule has 1 atom stereocenters. The molecule has 12 heavy (non-hydrogen) atoms. The van der Waals surface area contributed by atoms with Crippen LogP contribution in [0.5, 0.6) is 0 Å². The third-order valence-electron chi connectivity index (χ3n) is 1.92. The zero-order valence-corrected chi connectivity index (χ0v) is 8.86. The molecule has 0 spiro atoms. The summed E-state index contributed by atoms with van der Waals surface area (Å²) in [5.41, 5.74) is -0.0673. The van der Waals surface area contributed by atoms with Crippen LogP contribution >= 0.6 is 9.47 Å². The zero-order chi connectivity index (χ0) is 9.03. The fourth-order valence-corrected chi connectivity index (χ4v) is 1.65. The standard InChI is InChI=1S/C8H17O3P/c1-8(2,6-11-12)7-9-4-3-5-10-7/h7H,3-6,12H2,1-2H3. The van der Waals surface area contributed by atoms with E-state index in [0.717, 1.165) is 19.6 Å². The van der Waals surface area contributed by atoms with Crippen molar-refractivity contribution >= 4 is 9.47 Å². The van der Waals surface area contributed by atoms with Crippen molar-refractivity contribution in [3.8, 4) is 0 Å². The normalized spacial score (nSPS) is 21.2. The van der Waals surface area contributed by atoms with Crippen molar-refractivity contribution in [1.29, 1.82) is 0 Å². The van der Waals surface area contributed by atoms with Crippen LogP contribution < -0.4 is 0 Å². The molecule has 0 aliphatic carbocycles. The monoisotopic (exact) mass is 192 g/mol. The maximum absolute atomic E-state index is 5.48. The van der Waals surface area contributed by atoms with E-state index in [4.69, 9.17) is 14.0 Å². The van der Waals surface area contributed by atoms with Crippen LogP contribution in [-0.4, -0.2) is 26.1 Å². The molecule has 1 heterocycles. The first-order valence-corrected chi connectivity index (χ1v) is 4.69. The van der Waals surface area contributed by atoms with Crippen molar-refractivity contribution in [3.05, 3.63) is 0 Å². The van der Waals surface area contributed by atoms with Crippen molar-refractivity contribution < 1.29 is 14.0 Å². The van der Waals surface area contributed by atoms with E-state index >= 15 is 0 Å². The van der Waals surface area contributed by atoms with Gasteiger partial charge >= 0.3 is 0 Å². The second kappa shape index (κ2) is 4.52. The minimum atomic E-state index is -0.119. The molecule has 0 bridgehead atoms. The molecule has 1 unspecified atom stereocenters. The number of hydrogen-bond donors (Lipinski definition) is 0. The van der Waals surface area contributed by atoms with Crippen LogP contribution in [0.1, 0.15) is 20.3 Å². The molecule has 1 saturated heterocycles. The molecule has 4 heteroatoms. The van der Waals surface area contributed by atoms with Gasteiger partial charge in [0.15, 0.2) is 6.29 Å². The second-order valence-electron chi connectivity index (χ2n) is 3.73. The molecular weight excluding hydrogens is 175 g/mol. The van der Waals surface area contributed by atoms with Gasteiger partial charge in [-0.1, -0.05) is 13.8 Å². The smallest absolute Gasteiger partial charge is 0.164 e. The van der Waals surface area contributed by atoms with Gasteiger partial charge in [-0.2, -0.15) is 0 Å². The first-order chi connectivity index (χ1) is 5.67. The highest BCUT2D eigenvalue weighted by atomic mass is 31.0. The molecule has 72 valence electrons. The molecule has 0 amide bonds. The number of rotatable bonds is 3. The fourth-order valence-electron chi connectivity index (χ4n) is 1.22. The summed E-state index contributed by atoms with van der Waals surface area (Å²) in [6, 6.07) is 0. The zero-order valence-electron chi connectivity index (χ0n) is 7.71. The largest absolute Gasteiger partial charge is 0.365 e. The van der Waals surface area contributed by atoms with Gasteiger partial charge < -0.3 is 14.0 Å². The molecule has 0 saturated carbocycles. The molecule has 0 aromatic carbocycles. The van der Waals surface area contributed by atoms with E-state index in [1.54, 1.807) is 0 Å². The summed E-state index contributed by atoms with van der Waals surface area (Å²) in [7, 11) is 2.25. The SMILES string of the molecule is CC(C)(COP)C1OCCCO1. The summed E-state index contributed by atoms with van der Waals surface area (Å²) in [5.74, 6) is 0. The first-order valence-electron chi connectivity index (χ1n) is 4.22. The van der Waals surface area contributed by atoms with Gasteiger partial charge in [-0.3, -0.25) is 0 Å². The van der Waals surface area contributed by atoms with E-state index in [-0.39, 0.29) is 11.7 Å². The number of ether oxygens (including phenoxy) is 2. The average Bonchev–Trinajstić information content (AvgIpc) is 2.06. The molecule has 0 N–H and O–H groups in total. The van der Waals surface area contributed by atoms with E-state index in [1.165, 1.54) is 0 Å². The molecule has 1 fully saturated rings. The maximum atomic E-state index is 5.48. The van der Waals surface area contributed by atoms with Gasteiger partial charge in [0.1, 0.15) is 0 Å². The van der Waals surface area contributed by atoms with Gasteiger partial charge in [0.25, 0.3) is 0 Å². The molecule has 0 radical (unpaired) electrons. The van der Waals surface area contributed by atoms with Crippen molar-refractivity contribution in [2.24, 2.45) is 5.41 Å². The van der Waals surface area contributed by atoms with Gasteiger partial charge in [-0.25, -0.2) is 0 Å². The van der Waals surface area contributed by atoms with Crippen molar-refractivity contribution in [2.75, 3.05) is 19.8 Å². The van der Waals surface area contributed by atoms with E-state index in [1.807, 2.05) is 0 Å². The Bertz CT molecular complexity index is 132. The predicted octanol–water partition coefficient (Wildman–Crippen LogP) is 1.58. The van der Waals surface area contributed by atoms with Crippen LogP contribution in [0.15, 0.2) is 0 Å². The maximum Gasteiger partial charge on any atom is 0.164 e. The molecule has 3 nitrogen and oxygen atoms in total. The minimum absolute atomic E-state index is 0.0673. The highest BCUT2D eigenvalue weighted by Gasteiger charge is 2.32. The summed E-state index contributed by atoms with van der Waals surface area (Å²) < 4.78 is 16.0. The van der Waals surface area contributed by atoms with Crippen molar-refractivity contribution in [1.82, 2.24) is 0 Å². The van der Waals surface area contributed by atoms with Gasteiger partial charge in [0, 0.05) is 14.9 Å². The van der Waals surface area contributed by atoms with Gasteiger partial charge in [-0.15, -0.1) is 0 Å². The minimum Gasteiger partial charge on any atom is -0.365 e. The third kappa shape index (κ3) is 2.67. The van der Waals surface area contributed by atoms with Crippen molar-refractivity contribution in [2.45, 2.75) is 26.6 Å². The lowest BCUT2D eigenvalue weighted by molar-refractivity contribution is -0.233. The summed E-state index contributed by atoms with van der Waals surface area (Å²) in [4.78, 5) is 0. The molecule has 1 aliphatic heterocycles. The summed E-state index contributed by atoms with van der Waals surface area (Å²) >= 11 is 0. The highest BCUT2D eigenvalue weighted by molar-refractivity contribution is 7.09. The van der Waals surface area contributed by atoms with E-state index in [9.17, 15) is 0 Å². The molecule has 1 rings (SSSR count). The quantitative estimate of drug-likeness (QED) is 0.635. The van der Waals surface area contributed by atoms with Crippen molar-refractivity contribution in [3.63, 3.8) is 0 Å². The third-order valence-corrected chi connectivity index (χ3v) is 2.09. The van der Waals surface area contributed by atoms with E-state index in [0.29, 0.717) is 6.61 Å². The lowest BCUT2D eigenvalue weighted by Gasteiger charge is -2.35. The lowest BCUT2D eigenvalue weighted by Crippen LogP contribution is -2.40. The summed E-state index contributed by atoms with van der Waals surface area (Å²) in [6.45, 7) is 6.37. The van der Waals surface area contributed by atoms with Gasteiger partial charge in [0.2, 0.25) is 0 Å². The van der Waals surface area contributed by atoms with E-state index in [2.05, 4.69) is 23.3 Å². The Kier molecular flexibility index (Phi) is 3.91. The summed E-state index contributed by atoms with van der Waals surface area (Å²) in [6.07, 6.45) is 0.876. The van der Waals surface area contributed by atoms with Crippen LogP contribution in [0.25, 0.3) is 0 Å². The average molecular weight is 192 g/mol. The van der Waals surface area contributed by atoms with Crippen LogP contribution in [0.3, 0.4) is 0 Å². The molecule has 0 aromatic heterocycles. The lowest BCUT2D eigenvalue weighted by atomic mass is 9.94. The van der Waals surface area contributed by atoms with Gasteiger partial charge in [0.05, 0.1) is 19.8 Å². The Labute approximate surface area is 76.0 Å². The van der Waals surface area contributed by atoms with Crippen LogP contribution in [0.4, 0.5) is 0 Å². The topological polar surface area (TPSA) is 27.7 Å². The Morgan fingerprint density at radius 3 is 2.50 bits per heavy atom. The first kappa shape index (κ1) is 10.4.